The Morgan fingerprint density at radius 1 is 1.31 bits per heavy atom. The van der Waals surface area contributed by atoms with E-state index in [1.165, 1.54) is 0 Å². The lowest BCUT2D eigenvalue weighted by Gasteiger charge is -2.33. The van der Waals surface area contributed by atoms with Crippen LogP contribution in [0.5, 0.6) is 5.75 Å². The van der Waals surface area contributed by atoms with E-state index in [0.717, 1.165) is 5.75 Å². The van der Waals surface area contributed by atoms with Gasteiger partial charge in [-0.2, -0.15) is 0 Å². The van der Waals surface area contributed by atoms with E-state index in [1.807, 2.05) is 30.3 Å². The fourth-order valence-electron chi connectivity index (χ4n) is 2.82. The highest BCUT2D eigenvalue weighted by molar-refractivity contribution is 5.92. The fraction of sp³-hybridized carbons (Fsp3) is 0.421. The Bertz CT molecular complexity index is 741. The molecular weight excluding hydrogens is 334 g/mol. The third-order valence-electron chi connectivity index (χ3n) is 4.31. The molecule has 1 aromatic carbocycles. The van der Waals surface area contributed by atoms with Crippen LogP contribution in [0, 0.1) is 6.92 Å². The molecule has 0 radical (unpaired) electrons. The van der Waals surface area contributed by atoms with Crippen molar-refractivity contribution in [3.63, 3.8) is 0 Å². The first-order chi connectivity index (χ1) is 12.6. The predicted molar refractivity (Wildman–Crippen MR) is 95.2 cm³/mol. The second kappa shape index (κ2) is 8.25. The summed E-state index contributed by atoms with van der Waals surface area (Å²) in [5.74, 6) is 1.15. The van der Waals surface area contributed by atoms with Crippen LogP contribution in [0.25, 0.3) is 0 Å². The second-order valence-electron chi connectivity index (χ2n) is 6.26. The van der Waals surface area contributed by atoms with Crippen molar-refractivity contribution < 1.29 is 19.0 Å². The quantitative estimate of drug-likeness (QED) is 0.811. The van der Waals surface area contributed by atoms with E-state index in [1.54, 1.807) is 31.2 Å². The van der Waals surface area contributed by atoms with E-state index in [-0.39, 0.29) is 12.5 Å². The van der Waals surface area contributed by atoms with E-state index in [4.69, 9.17) is 14.2 Å². The van der Waals surface area contributed by atoms with Crippen LogP contribution in [0.15, 0.2) is 42.6 Å². The van der Waals surface area contributed by atoms with E-state index >= 15 is 0 Å². The molecular formula is C19H23N3O4. The summed E-state index contributed by atoms with van der Waals surface area (Å²) in [4.78, 5) is 22.8. The standard InChI is InChI=1S/C19H23N3O4/c1-15-20-9-8-17(21-15)18(23)22-10-11-25-13-19(12-22,24-2)14-26-16-6-4-3-5-7-16/h3-9H,10-14H2,1-2H3/t19-/m1/s1. The SMILES string of the molecule is CO[C@@]1(COc2ccccc2)COCCN(C(=O)c2ccnc(C)n2)C1. The van der Waals surface area contributed by atoms with Gasteiger partial charge in [0.25, 0.3) is 5.91 Å². The Hall–Kier alpha value is -2.51. The van der Waals surface area contributed by atoms with E-state index in [2.05, 4.69) is 9.97 Å². The predicted octanol–water partition coefficient (Wildman–Crippen LogP) is 1.72. The molecule has 1 aromatic heterocycles. The number of hydrogen-bond donors (Lipinski definition) is 0. The van der Waals surface area contributed by atoms with Gasteiger partial charge in [0.2, 0.25) is 0 Å². The zero-order valence-electron chi connectivity index (χ0n) is 15.1. The number of methoxy groups -OCH3 is 1. The molecule has 1 aliphatic rings. The number of nitrogens with zero attached hydrogens (tertiary/aromatic N) is 3. The maximum atomic E-state index is 12.9. The van der Waals surface area contributed by atoms with Crippen LogP contribution in [0.4, 0.5) is 0 Å². The number of amides is 1. The zero-order valence-corrected chi connectivity index (χ0v) is 15.1. The van der Waals surface area contributed by atoms with Crippen molar-refractivity contribution in [3.05, 3.63) is 54.1 Å². The average Bonchev–Trinajstić information content (AvgIpc) is 2.90. The Morgan fingerprint density at radius 2 is 2.12 bits per heavy atom. The summed E-state index contributed by atoms with van der Waals surface area (Å²) in [7, 11) is 1.61. The lowest BCUT2D eigenvalue weighted by atomic mass is 10.1. The van der Waals surface area contributed by atoms with Crippen LogP contribution < -0.4 is 4.74 Å². The van der Waals surface area contributed by atoms with Gasteiger partial charge in [-0.05, 0) is 25.1 Å². The molecule has 1 saturated heterocycles. The summed E-state index contributed by atoms with van der Waals surface area (Å²) in [6.07, 6.45) is 1.59. The van der Waals surface area contributed by atoms with Gasteiger partial charge in [0.15, 0.2) is 0 Å². The number of hydrogen-bond acceptors (Lipinski definition) is 6. The molecule has 1 fully saturated rings. The van der Waals surface area contributed by atoms with Gasteiger partial charge in [-0.1, -0.05) is 18.2 Å². The van der Waals surface area contributed by atoms with Crippen molar-refractivity contribution in [1.82, 2.24) is 14.9 Å². The molecule has 0 spiro atoms. The van der Waals surface area contributed by atoms with Crippen molar-refractivity contribution >= 4 is 5.91 Å². The number of aryl methyl sites for hydroxylation is 1. The average molecular weight is 357 g/mol. The Labute approximate surface area is 152 Å². The van der Waals surface area contributed by atoms with Crippen LogP contribution in [0.3, 0.4) is 0 Å². The first kappa shape index (κ1) is 18.3. The largest absolute Gasteiger partial charge is 0.490 e. The van der Waals surface area contributed by atoms with Crippen LogP contribution in [-0.4, -0.2) is 66.4 Å². The molecule has 2 heterocycles. The number of carbonyl (C=O) groups is 1. The molecule has 3 rings (SSSR count). The Balaban J connectivity index is 1.74. The number of carbonyl (C=O) groups excluding carboxylic acids is 1. The van der Waals surface area contributed by atoms with Crippen molar-refractivity contribution in [2.75, 3.05) is 40.0 Å². The minimum Gasteiger partial charge on any atom is -0.490 e. The highest BCUT2D eigenvalue weighted by atomic mass is 16.6. The topological polar surface area (TPSA) is 73.8 Å². The van der Waals surface area contributed by atoms with E-state index < -0.39 is 5.60 Å². The number of benzene rings is 1. The van der Waals surface area contributed by atoms with Crippen molar-refractivity contribution in [2.24, 2.45) is 0 Å². The van der Waals surface area contributed by atoms with Crippen LogP contribution >= 0.6 is 0 Å². The molecule has 1 atom stereocenters. The maximum absolute atomic E-state index is 12.9. The smallest absolute Gasteiger partial charge is 0.272 e. The third kappa shape index (κ3) is 4.36. The summed E-state index contributed by atoms with van der Waals surface area (Å²) in [6.45, 7) is 3.65. The van der Waals surface area contributed by atoms with Gasteiger partial charge >= 0.3 is 0 Å². The number of rotatable bonds is 5. The van der Waals surface area contributed by atoms with Crippen LogP contribution in [0.2, 0.25) is 0 Å². The molecule has 26 heavy (non-hydrogen) atoms. The molecule has 0 bridgehead atoms. The van der Waals surface area contributed by atoms with Gasteiger partial charge in [0.05, 0.1) is 19.8 Å². The molecule has 0 unspecified atom stereocenters. The maximum Gasteiger partial charge on any atom is 0.272 e. The summed E-state index contributed by atoms with van der Waals surface area (Å²) < 4.78 is 17.3. The first-order valence-electron chi connectivity index (χ1n) is 8.52. The molecule has 138 valence electrons. The highest BCUT2D eigenvalue weighted by Gasteiger charge is 2.38. The zero-order chi connectivity index (χ0) is 18.4. The molecule has 7 heteroatoms. The number of ether oxygens (including phenoxy) is 3. The molecule has 2 aromatic rings. The van der Waals surface area contributed by atoms with E-state index in [9.17, 15) is 4.79 Å². The molecule has 0 saturated carbocycles. The second-order valence-corrected chi connectivity index (χ2v) is 6.26. The van der Waals surface area contributed by atoms with Crippen molar-refractivity contribution in [1.29, 1.82) is 0 Å². The third-order valence-corrected chi connectivity index (χ3v) is 4.31. The summed E-state index contributed by atoms with van der Waals surface area (Å²) in [5, 5.41) is 0. The minimum absolute atomic E-state index is 0.165. The molecule has 0 N–H and O–H groups in total. The lowest BCUT2D eigenvalue weighted by molar-refractivity contribution is -0.0899. The van der Waals surface area contributed by atoms with Crippen LogP contribution in [-0.2, 0) is 9.47 Å². The van der Waals surface area contributed by atoms with Crippen LogP contribution in [0.1, 0.15) is 16.3 Å². The molecule has 1 aliphatic heterocycles. The Kier molecular flexibility index (Phi) is 5.80. The van der Waals surface area contributed by atoms with Crippen molar-refractivity contribution in [3.8, 4) is 5.75 Å². The summed E-state index contributed by atoms with van der Waals surface area (Å²) >= 11 is 0. The molecule has 1 amide bonds. The number of para-hydroxylation sites is 1. The minimum atomic E-state index is -0.746. The molecule has 7 nitrogen and oxygen atoms in total. The van der Waals surface area contributed by atoms with Gasteiger partial charge in [-0.3, -0.25) is 4.79 Å². The highest BCUT2D eigenvalue weighted by Crippen LogP contribution is 2.20. The monoisotopic (exact) mass is 357 g/mol. The molecule has 0 aliphatic carbocycles. The summed E-state index contributed by atoms with van der Waals surface area (Å²) in [6, 6.07) is 11.1. The van der Waals surface area contributed by atoms with Crippen molar-refractivity contribution in [2.45, 2.75) is 12.5 Å². The normalized spacial score (nSPS) is 20.5. The van der Waals surface area contributed by atoms with Gasteiger partial charge < -0.3 is 19.1 Å². The van der Waals surface area contributed by atoms with E-state index in [0.29, 0.717) is 37.8 Å². The van der Waals surface area contributed by atoms with Gasteiger partial charge in [0, 0.05) is 19.9 Å². The Morgan fingerprint density at radius 3 is 2.85 bits per heavy atom. The number of aromatic nitrogens is 2. The van der Waals surface area contributed by atoms with Gasteiger partial charge in [-0.15, -0.1) is 0 Å². The fourth-order valence-corrected chi connectivity index (χ4v) is 2.82. The first-order valence-corrected chi connectivity index (χ1v) is 8.52. The lowest BCUT2D eigenvalue weighted by Crippen LogP contribution is -2.51. The summed E-state index contributed by atoms with van der Waals surface area (Å²) in [5.41, 5.74) is -0.377. The van der Waals surface area contributed by atoms with Gasteiger partial charge in [0.1, 0.15) is 29.5 Å². The van der Waals surface area contributed by atoms with Gasteiger partial charge in [-0.25, -0.2) is 9.97 Å².